The number of benzene rings is 1. The summed E-state index contributed by atoms with van der Waals surface area (Å²) in [4.78, 5) is 25.2. The molecule has 0 spiro atoms. The van der Waals surface area contributed by atoms with Gasteiger partial charge in [0.25, 0.3) is 0 Å². The lowest BCUT2D eigenvalue weighted by Gasteiger charge is -2.26. The van der Waals surface area contributed by atoms with Crippen LogP contribution < -0.4 is 10.1 Å². The topological polar surface area (TPSA) is 58.6 Å². The Morgan fingerprint density at radius 1 is 1.38 bits per heavy atom. The first-order chi connectivity index (χ1) is 9.99. The summed E-state index contributed by atoms with van der Waals surface area (Å²) < 4.78 is 5.34. The van der Waals surface area contributed by atoms with Crippen molar-refractivity contribution in [3.63, 3.8) is 0 Å². The maximum atomic E-state index is 12.2. The zero-order chi connectivity index (χ0) is 15.8. The van der Waals surface area contributed by atoms with Crippen molar-refractivity contribution < 1.29 is 14.3 Å². The highest BCUT2D eigenvalue weighted by atomic mass is 16.5. The summed E-state index contributed by atoms with van der Waals surface area (Å²) in [5.74, 6) is 0.348. The second-order valence-corrected chi connectivity index (χ2v) is 4.58. The molecule has 5 nitrogen and oxygen atoms in total. The Kier molecular flexibility index (Phi) is 6.46. The zero-order valence-corrected chi connectivity index (χ0v) is 12.8. The molecule has 0 aliphatic heterocycles. The van der Waals surface area contributed by atoms with Gasteiger partial charge in [0.2, 0.25) is 11.8 Å². The van der Waals surface area contributed by atoms with Gasteiger partial charge in [-0.3, -0.25) is 9.59 Å². The first-order valence-electron chi connectivity index (χ1n) is 6.91. The van der Waals surface area contributed by atoms with E-state index in [0.29, 0.717) is 18.8 Å². The zero-order valence-electron chi connectivity index (χ0n) is 12.8. The summed E-state index contributed by atoms with van der Waals surface area (Å²) >= 11 is 0. The molecule has 114 valence electrons. The van der Waals surface area contributed by atoms with Crippen LogP contribution in [0.5, 0.6) is 5.75 Å². The minimum atomic E-state index is -0.563. The third kappa shape index (κ3) is 4.95. The molecule has 1 aromatic carbocycles. The smallest absolute Gasteiger partial charge is 0.246 e. The lowest BCUT2D eigenvalue weighted by Crippen LogP contribution is -2.44. The van der Waals surface area contributed by atoms with Gasteiger partial charge >= 0.3 is 0 Å². The molecule has 1 rings (SSSR count). The number of carbonyl (C=O) groups is 2. The van der Waals surface area contributed by atoms with Crippen LogP contribution in [0.1, 0.15) is 20.8 Å². The van der Waals surface area contributed by atoms with Crippen molar-refractivity contribution in [2.24, 2.45) is 0 Å². The number of amides is 2. The van der Waals surface area contributed by atoms with E-state index >= 15 is 0 Å². The van der Waals surface area contributed by atoms with Crippen LogP contribution in [0.4, 0.5) is 5.69 Å². The Morgan fingerprint density at radius 2 is 2.00 bits per heavy atom. The first-order valence-corrected chi connectivity index (χ1v) is 6.91. The summed E-state index contributed by atoms with van der Waals surface area (Å²) in [5.41, 5.74) is 0.664. The van der Waals surface area contributed by atoms with Crippen LogP contribution in [0, 0.1) is 0 Å². The van der Waals surface area contributed by atoms with Gasteiger partial charge in [0.1, 0.15) is 11.8 Å². The molecule has 0 bridgehead atoms. The molecular formula is C16H22N2O3. The van der Waals surface area contributed by atoms with Crippen molar-refractivity contribution in [2.45, 2.75) is 26.8 Å². The average molecular weight is 290 g/mol. The van der Waals surface area contributed by atoms with Crippen LogP contribution in [-0.4, -0.2) is 35.9 Å². The van der Waals surface area contributed by atoms with Crippen LogP contribution in [0.2, 0.25) is 0 Å². The minimum absolute atomic E-state index is 0.163. The normalized spacial score (nSPS) is 11.4. The van der Waals surface area contributed by atoms with E-state index in [9.17, 15) is 9.59 Å². The second kappa shape index (κ2) is 8.09. The highest BCUT2D eigenvalue weighted by molar-refractivity contribution is 5.96. The fourth-order valence-corrected chi connectivity index (χ4v) is 1.89. The van der Waals surface area contributed by atoms with Gasteiger partial charge in [0.05, 0.1) is 6.61 Å². The van der Waals surface area contributed by atoms with Gasteiger partial charge in [-0.2, -0.15) is 0 Å². The number of nitrogens with zero attached hydrogens (tertiary/aromatic N) is 1. The van der Waals surface area contributed by atoms with Crippen LogP contribution in [0.15, 0.2) is 36.9 Å². The molecule has 1 N–H and O–H groups in total. The summed E-state index contributed by atoms with van der Waals surface area (Å²) in [7, 11) is 0. The quantitative estimate of drug-likeness (QED) is 0.785. The Morgan fingerprint density at radius 3 is 2.48 bits per heavy atom. The molecule has 0 saturated heterocycles. The monoisotopic (exact) mass is 290 g/mol. The number of carbonyl (C=O) groups excluding carboxylic acids is 2. The number of rotatable bonds is 7. The summed E-state index contributed by atoms with van der Waals surface area (Å²) in [5, 5.41) is 2.78. The van der Waals surface area contributed by atoms with E-state index in [1.165, 1.54) is 11.8 Å². The highest BCUT2D eigenvalue weighted by Crippen LogP contribution is 2.16. The van der Waals surface area contributed by atoms with Gasteiger partial charge in [-0.25, -0.2) is 0 Å². The SMILES string of the molecule is C=CCN(C(C)=O)C(C)C(=O)Nc1ccc(OCC)cc1. The van der Waals surface area contributed by atoms with Crippen molar-refractivity contribution >= 4 is 17.5 Å². The molecule has 0 saturated carbocycles. The Labute approximate surface area is 125 Å². The molecule has 5 heteroatoms. The average Bonchev–Trinajstić information content (AvgIpc) is 2.46. The molecule has 0 heterocycles. The number of hydrogen-bond donors (Lipinski definition) is 1. The molecule has 21 heavy (non-hydrogen) atoms. The molecule has 0 fully saturated rings. The molecule has 0 aromatic heterocycles. The van der Waals surface area contributed by atoms with Crippen molar-refractivity contribution in [1.82, 2.24) is 4.90 Å². The predicted molar refractivity (Wildman–Crippen MR) is 83.3 cm³/mol. The van der Waals surface area contributed by atoms with E-state index in [1.807, 2.05) is 6.92 Å². The first kappa shape index (κ1) is 16.8. The number of ether oxygens (including phenoxy) is 1. The van der Waals surface area contributed by atoms with Crippen molar-refractivity contribution in [1.29, 1.82) is 0 Å². The Bertz CT molecular complexity index is 497. The maximum absolute atomic E-state index is 12.2. The van der Waals surface area contributed by atoms with E-state index < -0.39 is 6.04 Å². The van der Waals surface area contributed by atoms with Gasteiger partial charge in [0, 0.05) is 19.2 Å². The molecule has 0 aliphatic rings. The van der Waals surface area contributed by atoms with Crippen molar-refractivity contribution in [3.8, 4) is 5.75 Å². The van der Waals surface area contributed by atoms with Gasteiger partial charge in [-0.15, -0.1) is 6.58 Å². The molecule has 0 aliphatic carbocycles. The Hall–Kier alpha value is -2.30. The fraction of sp³-hybridized carbons (Fsp3) is 0.375. The minimum Gasteiger partial charge on any atom is -0.494 e. The van der Waals surface area contributed by atoms with E-state index in [-0.39, 0.29) is 11.8 Å². The number of hydrogen-bond acceptors (Lipinski definition) is 3. The predicted octanol–water partition coefficient (Wildman–Crippen LogP) is 2.45. The lowest BCUT2D eigenvalue weighted by atomic mass is 10.2. The van der Waals surface area contributed by atoms with E-state index in [0.717, 1.165) is 5.75 Å². The summed E-state index contributed by atoms with van der Waals surface area (Å²) in [6, 6.07) is 6.54. The number of nitrogens with one attached hydrogen (secondary N) is 1. The van der Waals surface area contributed by atoms with Gasteiger partial charge in [0.15, 0.2) is 0 Å². The van der Waals surface area contributed by atoms with Crippen molar-refractivity contribution in [2.75, 3.05) is 18.5 Å². The van der Waals surface area contributed by atoms with Crippen LogP contribution >= 0.6 is 0 Å². The van der Waals surface area contributed by atoms with Crippen LogP contribution in [-0.2, 0) is 9.59 Å². The van der Waals surface area contributed by atoms with E-state index in [1.54, 1.807) is 37.3 Å². The molecular weight excluding hydrogens is 268 g/mol. The lowest BCUT2D eigenvalue weighted by molar-refractivity contribution is -0.135. The molecule has 0 radical (unpaired) electrons. The third-order valence-corrected chi connectivity index (χ3v) is 3.01. The maximum Gasteiger partial charge on any atom is 0.246 e. The summed E-state index contributed by atoms with van der Waals surface area (Å²) in [6.07, 6.45) is 1.60. The second-order valence-electron chi connectivity index (χ2n) is 4.58. The molecule has 1 unspecified atom stereocenters. The van der Waals surface area contributed by atoms with Crippen LogP contribution in [0.3, 0.4) is 0 Å². The van der Waals surface area contributed by atoms with Crippen molar-refractivity contribution in [3.05, 3.63) is 36.9 Å². The fourth-order valence-electron chi connectivity index (χ4n) is 1.89. The van der Waals surface area contributed by atoms with Gasteiger partial charge in [-0.1, -0.05) is 6.08 Å². The standard InChI is InChI=1S/C16H22N2O3/c1-5-11-18(13(4)19)12(3)16(20)17-14-7-9-15(10-8-14)21-6-2/h5,7-10,12H,1,6,11H2,2-4H3,(H,17,20). The number of anilines is 1. The highest BCUT2D eigenvalue weighted by Gasteiger charge is 2.22. The van der Waals surface area contributed by atoms with E-state index in [2.05, 4.69) is 11.9 Å². The largest absolute Gasteiger partial charge is 0.494 e. The third-order valence-electron chi connectivity index (χ3n) is 3.01. The van der Waals surface area contributed by atoms with E-state index in [4.69, 9.17) is 4.74 Å². The molecule has 2 amide bonds. The van der Waals surface area contributed by atoms with Gasteiger partial charge < -0.3 is 15.0 Å². The molecule has 1 aromatic rings. The Balaban J connectivity index is 2.70. The van der Waals surface area contributed by atoms with Crippen LogP contribution in [0.25, 0.3) is 0 Å². The summed E-state index contributed by atoms with van der Waals surface area (Å²) in [6.45, 7) is 9.57. The van der Waals surface area contributed by atoms with Gasteiger partial charge in [-0.05, 0) is 38.1 Å². The molecule has 1 atom stereocenters.